The molecule has 0 aromatic rings. The van der Waals surface area contributed by atoms with Crippen LogP contribution in [0.3, 0.4) is 0 Å². The highest BCUT2D eigenvalue weighted by molar-refractivity contribution is 5.80. The van der Waals surface area contributed by atoms with E-state index in [0.717, 1.165) is 13.1 Å². The van der Waals surface area contributed by atoms with E-state index >= 15 is 0 Å². The highest BCUT2D eigenvalue weighted by Gasteiger charge is 2.35. The van der Waals surface area contributed by atoms with Gasteiger partial charge in [-0.05, 0) is 24.7 Å². The molecule has 0 spiro atoms. The van der Waals surface area contributed by atoms with Crippen molar-refractivity contribution in [3.63, 3.8) is 0 Å². The van der Waals surface area contributed by atoms with E-state index in [-0.39, 0.29) is 6.54 Å². The summed E-state index contributed by atoms with van der Waals surface area (Å²) >= 11 is 0. The van der Waals surface area contributed by atoms with Crippen LogP contribution in [-0.4, -0.2) is 43.7 Å². The molecule has 1 saturated carbocycles. The van der Waals surface area contributed by atoms with Gasteiger partial charge in [-0.3, -0.25) is 4.99 Å². The number of aliphatic imine (C=N–C) groups is 1. The molecule has 2 fully saturated rings. The SMILES string of the molecule is CN=C(NCCC(F)(F)F)N1CC2CCCCC2C1. The second-order valence-electron chi connectivity index (χ2n) is 5.55. The molecule has 2 aliphatic rings. The molecule has 6 heteroatoms. The Bertz CT molecular complexity index is 314. The minimum absolute atomic E-state index is 0.0952. The maximum Gasteiger partial charge on any atom is 0.390 e. The molecule has 110 valence electrons. The van der Waals surface area contributed by atoms with Gasteiger partial charge in [0.15, 0.2) is 5.96 Å². The quantitative estimate of drug-likeness (QED) is 0.620. The number of hydrogen-bond donors (Lipinski definition) is 1. The molecule has 0 amide bonds. The largest absolute Gasteiger partial charge is 0.390 e. The second-order valence-corrected chi connectivity index (χ2v) is 5.55. The van der Waals surface area contributed by atoms with E-state index in [0.29, 0.717) is 17.8 Å². The molecular formula is C13H22F3N3. The summed E-state index contributed by atoms with van der Waals surface area (Å²) in [6.07, 6.45) is 0.156. The van der Waals surface area contributed by atoms with Gasteiger partial charge in [-0.15, -0.1) is 0 Å². The molecule has 0 aromatic heterocycles. The molecular weight excluding hydrogens is 255 g/mol. The summed E-state index contributed by atoms with van der Waals surface area (Å²) in [5.41, 5.74) is 0. The lowest BCUT2D eigenvalue weighted by Crippen LogP contribution is -2.41. The Morgan fingerprint density at radius 3 is 2.26 bits per heavy atom. The maximum atomic E-state index is 12.1. The van der Waals surface area contributed by atoms with Crippen molar-refractivity contribution in [2.45, 2.75) is 38.3 Å². The van der Waals surface area contributed by atoms with Crippen LogP contribution in [0.1, 0.15) is 32.1 Å². The van der Waals surface area contributed by atoms with Crippen LogP contribution in [0.15, 0.2) is 4.99 Å². The summed E-state index contributed by atoms with van der Waals surface area (Å²) in [6, 6.07) is 0. The van der Waals surface area contributed by atoms with Crippen LogP contribution in [0.2, 0.25) is 0 Å². The molecule has 1 N–H and O–H groups in total. The lowest BCUT2D eigenvalue weighted by atomic mass is 9.82. The van der Waals surface area contributed by atoms with Crippen molar-refractivity contribution < 1.29 is 13.2 Å². The first-order valence-electron chi connectivity index (χ1n) is 7.02. The molecule has 2 atom stereocenters. The Labute approximate surface area is 112 Å². The first kappa shape index (κ1) is 14.5. The molecule has 2 rings (SSSR count). The Morgan fingerprint density at radius 2 is 1.79 bits per heavy atom. The highest BCUT2D eigenvalue weighted by atomic mass is 19.4. The molecule has 1 aliphatic carbocycles. The fourth-order valence-electron chi connectivity index (χ4n) is 3.23. The van der Waals surface area contributed by atoms with Crippen molar-refractivity contribution in [3.8, 4) is 0 Å². The summed E-state index contributed by atoms with van der Waals surface area (Å²) in [7, 11) is 1.64. The molecule has 1 aliphatic heterocycles. The fourth-order valence-corrected chi connectivity index (χ4v) is 3.23. The average Bonchev–Trinajstić information content (AvgIpc) is 2.76. The summed E-state index contributed by atoms with van der Waals surface area (Å²) in [6.45, 7) is 1.79. The van der Waals surface area contributed by atoms with Gasteiger partial charge in [0.2, 0.25) is 0 Å². The summed E-state index contributed by atoms with van der Waals surface area (Å²) < 4.78 is 36.4. The normalized spacial score (nSPS) is 28.4. The minimum Gasteiger partial charge on any atom is -0.356 e. The van der Waals surface area contributed by atoms with Crippen molar-refractivity contribution in [2.75, 3.05) is 26.7 Å². The van der Waals surface area contributed by atoms with E-state index in [1.165, 1.54) is 25.7 Å². The van der Waals surface area contributed by atoms with Gasteiger partial charge in [0.05, 0.1) is 6.42 Å². The Hall–Kier alpha value is -0.940. The van der Waals surface area contributed by atoms with E-state index in [9.17, 15) is 13.2 Å². The first-order valence-corrected chi connectivity index (χ1v) is 7.02. The third kappa shape index (κ3) is 4.01. The molecule has 0 bridgehead atoms. The monoisotopic (exact) mass is 277 g/mol. The van der Waals surface area contributed by atoms with Crippen molar-refractivity contribution in [2.24, 2.45) is 16.8 Å². The number of guanidine groups is 1. The smallest absolute Gasteiger partial charge is 0.356 e. The second kappa shape index (κ2) is 6.01. The number of nitrogens with zero attached hydrogens (tertiary/aromatic N) is 2. The molecule has 1 heterocycles. The van der Waals surface area contributed by atoms with E-state index in [1.54, 1.807) is 7.05 Å². The Kier molecular flexibility index (Phi) is 4.58. The molecule has 0 radical (unpaired) electrons. The molecule has 1 saturated heterocycles. The number of nitrogens with one attached hydrogen (secondary N) is 1. The van der Waals surface area contributed by atoms with E-state index in [4.69, 9.17) is 0 Å². The van der Waals surface area contributed by atoms with Gasteiger partial charge in [-0.2, -0.15) is 13.2 Å². The molecule has 3 nitrogen and oxygen atoms in total. The third-order valence-electron chi connectivity index (χ3n) is 4.18. The number of halogens is 3. The van der Waals surface area contributed by atoms with E-state index in [1.807, 2.05) is 0 Å². The lowest BCUT2D eigenvalue weighted by molar-refractivity contribution is -0.132. The number of hydrogen-bond acceptors (Lipinski definition) is 1. The van der Waals surface area contributed by atoms with Gasteiger partial charge in [-0.1, -0.05) is 12.8 Å². The van der Waals surface area contributed by atoms with Gasteiger partial charge in [0, 0.05) is 26.7 Å². The predicted octanol–water partition coefficient (Wildman–Crippen LogP) is 2.64. The van der Waals surface area contributed by atoms with Crippen LogP contribution in [0.25, 0.3) is 0 Å². The van der Waals surface area contributed by atoms with Crippen LogP contribution in [-0.2, 0) is 0 Å². The first-order chi connectivity index (χ1) is 8.99. The molecule has 2 unspecified atom stereocenters. The number of fused-ring (bicyclic) bond motifs is 1. The van der Waals surface area contributed by atoms with Gasteiger partial charge in [0.25, 0.3) is 0 Å². The molecule has 19 heavy (non-hydrogen) atoms. The van der Waals surface area contributed by atoms with Gasteiger partial charge in [0.1, 0.15) is 0 Å². The minimum atomic E-state index is -4.11. The zero-order chi connectivity index (χ0) is 13.9. The average molecular weight is 277 g/mol. The molecule has 0 aromatic carbocycles. The maximum absolute atomic E-state index is 12.1. The van der Waals surface area contributed by atoms with Crippen LogP contribution in [0, 0.1) is 11.8 Å². The van der Waals surface area contributed by atoms with Crippen LogP contribution < -0.4 is 5.32 Å². The third-order valence-corrected chi connectivity index (χ3v) is 4.18. The van der Waals surface area contributed by atoms with E-state index in [2.05, 4.69) is 15.2 Å². The zero-order valence-electron chi connectivity index (χ0n) is 11.3. The predicted molar refractivity (Wildman–Crippen MR) is 69.1 cm³/mol. The summed E-state index contributed by atoms with van der Waals surface area (Å²) in [5, 5.41) is 2.83. The number of alkyl halides is 3. The van der Waals surface area contributed by atoms with Crippen molar-refractivity contribution in [3.05, 3.63) is 0 Å². The number of rotatable bonds is 2. The summed E-state index contributed by atoms with van der Waals surface area (Å²) in [5.74, 6) is 2.03. The lowest BCUT2D eigenvalue weighted by Gasteiger charge is -2.22. The van der Waals surface area contributed by atoms with Crippen LogP contribution >= 0.6 is 0 Å². The van der Waals surface area contributed by atoms with Gasteiger partial charge in [-0.25, -0.2) is 0 Å². The number of likely N-dealkylation sites (tertiary alicyclic amines) is 1. The van der Waals surface area contributed by atoms with Crippen LogP contribution in [0.4, 0.5) is 13.2 Å². The Morgan fingerprint density at radius 1 is 1.21 bits per heavy atom. The van der Waals surface area contributed by atoms with E-state index < -0.39 is 12.6 Å². The zero-order valence-corrected chi connectivity index (χ0v) is 11.3. The van der Waals surface area contributed by atoms with Crippen molar-refractivity contribution in [1.29, 1.82) is 0 Å². The van der Waals surface area contributed by atoms with Crippen molar-refractivity contribution in [1.82, 2.24) is 10.2 Å². The standard InChI is InChI=1S/C13H22F3N3/c1-17-12(18-7-6-13(14,15)16)19-8-10-4-2-3-5-11(10)9-19/h10-11H,2-9H2,1H3,(H,17,18). The van der Waals surface area contributed by atoms with Crippen LogP contribution in [0.5, 0.6) is 0 Å². The van der Waals surface area contributed by atoms with Gasteiger partial charge >= 0.3 is 6.18 Å². The van der Waals surface area contributed by atoms with Crippen molar-refractivity contribution >= 4 is 5.96 Å². The fraction of sp³-hybridized carbons (Fsp3) is 0.923. The highest BCUT2D eigenvalue weighted by Crippen LogP contribution is 2.35. The topological polar surface area (TPSA) is 27.6 Å². The Balaban J connectivity index is 1.82. The van der Waals surface area contributed by atoms with Gasteiger partial charge < -0.3 is 10.2 Å². The summed E-state index contributed by atoms with van der Waals surface area (Å²) in [4.78, 5) is 6.23.